The molecule has 0 aliphatic carbocycles. The standard InChI is InChI=1S/C8H8O3/c1-2-7(10)8-4-3-6(5-9)11-8/h3-5H,2H2,1H3. The minimum atomic E-state index is -0.0851. The van der Waals surface area contributed by atoms with Crippen molar-refractivity contribution in [1.29, 1.82) is 0 Å². The quantitative estimate of drug-likeness (QED) is 0.489. The maximum Gasteiger partial charge on any atom is 0.197 e. The molecule has 1 aromatic heterocycles. The number of carbonyl (C=O) groups excluding carboxylic acids is 2. The Morgan fingerprint density at radius 3 is 2.82 bits per heavy atom. The Balaban J connectivity index is 2.88. The van der Waals surface area contributed by atoms with Crippen LogP contribution in [0, 0.1) is 0 Å². The van der Waals surface area contributed by atoms with Gasteiger partial charge < -0.3 is 4.42 Å². The highest BCUT2D eigenvalue weighted by Gasteiger charge is 2.07. The summed E-state index contributed by atoms with van der Waals surface area (Å²) in [4.78, 5) is 21.1. The SMILES string of the molecule is CCC(=O)c1ccc(C=O)o1. The van der Waals surface area contributed by atoms with E-state index in [9.17, 15) is 9.59 Å². The molecule has 11 heavy (non-hydrogen) atoms. The number of aldehydes is 1. The van der Waals surface area contributed by atoms with E-state index in [0.717, 1.165) is 0 Å². The summed E-state index contributed by atoms with van der Waals surface area (Å²) in [6.45, 7) is 1.74. The van der Waals surface area contributed by atoms with Crippen LogP contribution in [-0.2, 0) is 0 Å². The van der Waals surface area contributed by atoms with E-state index in [1.54, 1.807) is 6.92 Å². The van der Waals surface area contributed by atoms with Crippen molar-refractivity contribution in [2.75, 3.05) is 0 Å². The van der Waals surface area contributed by atoms with Crippen LogP contribution < -0.4 is 0 Å². The van der Waals surface area contributed by atoms with Crippen LogP contribution in [0.25, 0.3) is 0 Å². The molecule has 0 bridgehead atoms. The lowest BCUT2D eigenvalue weighted by Gasteiger charge is -1.87. The Morgan fingerprint density at radius 2 is 2.36 bits per heavy atom. The fourth-order valence-corrected chi connectivity index (χ4v) is 0.740. The molecule has 0 saturated carbocycles. The van der Waals surface area contributed by atoms with Gasteiger partial charge in [0.25, 0.3) is 0 Å². The Labute approximate surface area is 64.0 Å². The van der Waals surface area contributed by atoms with Crippen molar-refractivity contribution in [3.05, 3.63) is 23.7 Å². The second-order valence-corrected chi connectivity index (χ2v) is 2.10. The molecule has 0 aliphatic heterocycles. The Bertz CT molecular complexity index is 273. The van der Waals surface area contributed by atoms with Crippen molar-refractivity contribution in [1.82, 2.24) is 0 Å². The molecule has 3 heteroatoms. The average Bonchev–Trinajstić information content (AvgIpc) is 2.50. The maximum atomic E-state index is 10.9. The molecule has 0 aromatic carbocycles. The molecule has 0 unspecified atom stereocenters. The number of rotatable bonds is 3. The highest BCUT2D eigenvalue weighted by molar-refractivity contribution is 5.93. The first kappa shape index (κ1) is 7.72. The Hall–Kier alpha value is -1.38. The van der Waals surface area contributed by atoms with Gasteiger partial charge >= 0.3 is 0 Å². The first-order chi connectivity index (χ1) is 5.27. The largest absolute Gasteiger partial charge is 0.450 e. The van der Waals surface area contributed by atoms with E-state index in [4.69, 9.17) is 4.42 Å². The second-order valence-electron chi connectivity index (χ2n) is 2.10. The zero-order valence-corrected chi connectivity index (χ0v) is 6.16. The molecular formula is C8H8O3. The maximum absolute atomic E-state index is 10.9. The van der Waals surface area contributed by atoms with Crippen molar-refractivity contribution in [2.24, 2.45) is 0 Å². The zero-order valence-electron chi connectivity index (χ0n) is 6.16. The van der Waals surface area contributed by atoms with E-state index in [2.05, 4.69) is 0 Å². The van der Waals surface area contributed by atoms with E-state index in [-0.39, 0.29) is 17.3 Å². The lowest BCUT2D eigenvalue weighted by molar-refractivity contribution is 0.0958. The van der Waals surface area contributed by atoms with Gasteiger partial charge in [-0.15, -0.1) is 0 Å². The molecule has 0 aliphatic rings. The monoisotopic (exact) mass is 152 g/mol. The summed E-state index contributed by atoms with van der Waals surface area (Å²) < 4.78 is 4.87. The van der Waals surface area contributed by atoms with Crippen LogP contribution in [-0.4, -0.2) is 12.1 Å². The van der Waals surface area contributed by atoms with Gasteiger partial charge in [0.1, 0.15) is 0 Å². The fraction of sp³-hybridized carbons (Fsp3) is 0.250. The summed E-state index contributed by atoms with van der Waals surface area (Å²) in [7, 11) is 0. The van der Waals surface area contributed by atoms with Crippen LogP contribution in [0.4, 0.5) is 0 Å². The minimum absolute atomic E-state index is 0.0851. The third-order valence-corrected chi connectivity index (χ3v) is 1.34. The summed E-state index contributed by atoms with van der Waals surface area (Å²) in [5.41, 5.74) is 0. The molecule has 0 amide bonds. The van der Waals surface area contributed by atoms with Crippen molar-refractivity contribution < 1.29 is 14.0 Å². The molecule has 3 nitrogen and oxygen atoms in total. The highest BCUT2D eigenvalue weighted by atomic mass is 16.4. The van der Waals surface area contributed by atoms with Crippen molar-refractivity contribution in [2.45, 2.75) is 13.3 Å². The average molecular weight is 152 g/mol. The van der Waals surface area contributed by atoms with Gasteiger partial charge in [-0.25, -0.2) is 0 Å². The summed E-state index contributed by atoms with van der Waals surface area (Å²) >= 11 is 0. The van der Waals surface area contributed by atoms with E-state index in [1.807, 2.05) is 0 Å². The van der Waals surface area contributed by atoms with Gasteiger partial charge in [0.15, 0.2) is 23.6 Å². The third kappa shape index (κ3) is 1.55. The molecule has 0 fully saturated rings. The predicted octanol–water partition coefficient (Wildman–Crippen LogP) is 1.68. The van der Waals surface area contributed by atoms with E-state index < -0.39 is 0 Å². The predicted molar refractivity (Wildman–Crippen MR) is 38.7 cm³/mol. The van der Waals surface area contributed by atoms with Crippen LogP contribution in [0.5, 0.6) is 0 Å². The molecule has 58 valence electrons. The van der Waals surface area contributed by atoms with E-state index in [1.165, 1.54) is 12.1 Å². The van der Waals surface area contributed by atoms with Gasteiger partial charge in [-0.3, -0.25) is 9.59 Å². The Kier molecular flexibility index (Phi) is 2.21. The summed E-state index contributed by atoms with van der Waals surface area (Å²) in [6.07, 6.45) is 0.970. The van der Waals surface area contributed by atoms with Crippen LogP contribution in [0.2, 0.25) is 0 Å². The number of hydrogen-bond donors (Lipinski definition) is 0. The molecular weight excluding hydrogens is 144 g/mol. The highest BCUT2D eigenvalue weighted by Crippen LogP contribution is 2.07. The third-order valence-electron chi connectivity index (χ3n) is 1.34. The molecule has 0 radical (unpaired) electrons. The van der Waals surface area contributed by atoms with Crippen LogP contribution in [0.15, 0.2) is 16.5 Å². The first-order valence-corrected chi connectivity index (χ1v) is 3.36. The lowest BCUT2D eigenvalue weighted by Crippen LogP contribution is -1.92. The van der Waals surface area contributed by atoms with Crippen LogP contribution in [0.1, 0.15) is 34.5 Å². The van der Waals surface area contributed by atoms with E-state index >= 15 is 0 Å². The summed E-state index contributed by atoms with van der Waals surface area (Å²) in [6, 6.07) is 2.99. The molecule has 1 aromatic rings. The normalized spacial score (nSPS) is 9.55. The van der Waals surface area contributed by atoms with Gasteiger partial charge in [0.05, 0.1) is 0 Å². The Morgan fingerprint density at radius 1 is 1.64 bits per heavy atom. The number of carbonyl (C=O) groups is 2. The summed E-state index contributed by atoms with van der Waals surface area (Å²) in [5, 5.41) is 0. The number of ketones is 1. The van der Waals surface area contributed by atoms with Crippen LogP contribution >= 0.6 is 0 Å². The zero-order chi connectivity index (χ0) is 8.27. The summed E-state index contributed by atoms with van der Waals surface area (Å²) in [5.74, 6) is 0.370. The topological polar surface area (TPSA) is 47.3 Å². The van der Waals surface area contributed by atoms with E-state index in [0.29, 0.717) is 12.7 Å². The van der Waals surface area contributed by atoms with Crippen molar-refractivity contribution in [3.63, 3.8) is 0 Å². The first-order valence-electron chi connectivity index (χ1n) is 3.36. The number of furan rings is 1. The molecule has 0 N–H and O–H groups in total. The van der Waals surface area contributed by atoms with Crippen LogP contribution in [0.3, 0.4) is 0 Å². The minimum Gasteiger partial charge on any atom is -0.450 e. The van der Waals surface area contributed by atoms with Gasteiger partial charge in [-0.1, -0.05) is 6.92 Å². The van der Waals surface area contributed by atoms with Gasteiger partial charge in [-0.05, 0) is 12.1 Å². The molecule has 0 saturated heterocycles. The lowest BCUT2D eigenvalue weighted by atomic mass is 10.2. The van der Waals surface area contributed by atoms with Gasteiger partial charge in [0, 0.05) is 6.42 Å². The van der Waals surface area contributed by atoms with Gasteiger partial charge in [0.2, 0.25) is 0 Å². The molecule has 1 heterocycles. The van der Waals surface area contributed by atoms with Crippen molar-refractivity contribution in [3.8, 4) is 0 Å². The number of hydrogen-bond acceptors (Lipinski definition) is 3. The molecule has 0 atom stereocenters. The molecule has 1 rings (SSSR count). The number of Topliss-reactive ketones (excluding diaryl/α,β-unsaturated/α-hetero) is 1. The fourth-order valence-electron chi connectivity index (χ4n) is 0.740. The van der Waals surface area contributed by atoms with Gasteiger partial charge in [-0.2, -0.15) is 0 Å². The molecule has 0 spiro atoms. The smallest absolute Gasteiger partial charge is 0.197 e. The second kappa shape index (κ2) is 3.14. The van der Waals surface area contributed by atoms with Crippen molar-refractivity contribution >= 4 is 12.1 Å².